The molecule has 0 spiro atoms. The van der Waals surface area contributed by atoms with Crippen LogP contribution in [0.4, 0.5) is 0 Å². The topological polar surface area (TPSA) is 43.4 Å². The molecule has 0 bridgehead atoms. The van der Waals surface area contributed by atoms with Gasteiger partial charge in [-0.25, -0.2) is 0 Å². The van der Waals surface area contributed by atoms with E-state index in [0.717, 1.165) is 12.8 Å². The smallest absolute Gasteiger partial charge is 0.313 e. The van der Waals surface area contributed by atoms with E-state index in [1.165, 1.54) is 0 Å². The lowest BCUT2D eigenvalue weighted by Crippen LogP contribution is -2.29. The molecule has 0 aliphatic carbocycles. The van der Waals surface area contributed by atoms with Crippen LogP contribution in [0.15, 0.2) is 0 Å². The lowest BCUT2D eigenvalue weighted by Gasteiger charge is -2.25. The van der Waals surface area contributed by atoms with Gasteiger partial charge in [0.25, 0.3) is 0 Å². The van der Waals surface area contributed by atoms with Gasteiger partial charge in [0.15, 0.2) is 0 Å². The van der Waals surface area contributed by atoms with Crippen molar-refractivity contribution in [3.63, 3.8) is 0 Å². The Hall–Kier alpha value is -0.860. The molecule has 3 nitrogen and oxygen atoms in total. The number of carbonyl (C=O) groups is 2. The Morgan fingerprint density at radius 3 is 2.38 bits per heavy atom. The van der Waals surface area contributed by atoms with Crippen molar-refractivity contribution >= 4 is 11.9 Å². The average Bonchev–Trinajstić information content (AvgIpc) is 2.03. The normalized spacial score (nSPS) is 21.4. The Labute approximate surface area is 78.5 Å². The zero-order chi connectivity index (χ0) is 9.84. The van der Waals surface area contributed by atoms with Gasteiger partial charge in [-0.15, -0.1) is 0 Å². The van der Waals surface area contributed by atoms with Gasteiger partial charge in [-0.3, -0.25) is 9.59 Å². The zero-order valence-electron chi connectivity index (χ0n) is 8.21. The standard InChI is InChI=1S/C10H16O3/c1-3-4-7(2)8-5-9(11)13-10(12)6-8/h7-8H,3-6H2,1-2H3. The summed E-state index contributed by atoms with van der Waals surface area (Å²) in [6, 6.07) is 0. The van der Waals surface area contributed by atoms with Gasteiger partial charge in [0.1, 0.15) is 0 Å². The van der Waals surface area contributed by atoms with Gasteiger partial charge >= 0.3 is 11.9 Å². The summed E-state index contributed by atoms with van der Waals surface area (Å²) >= 11 is 0. The highest BCUT2D eigenvalue weighted by Crippen LogP contribution is 2.27. The highest BCUT2D eigenvalue weighted by molar-refractivity contribution is 5.88. The summed E-state index contributed by atoms with van der Waals surface area (Å²) < 4.78 is 4.47. The molecule has 1 fully saturated rings. The maximum atomic E-state index is 10.9. The first kappa shape index (κ1) is 10.2. The molecule has 1 atom stereocenters. The summed E-state index contributed by atoms with van der Waals surface area (Å²) in [5.74, 6) is -0.0658. The predicted molar refractivity (Wildman–Crippen MR) is 47.9 cm³/mol. The molecule has 1 heterocycles. The number of carbonyl (C=O) groups excluding carboxylic acids is 2. The summed E-state index contributed by atoms with van der Waals surface area (Å²) in [4.78, 5) is 21.9. The van der Waals surface area contributed by atoms with Crippen molar-refractivity contribution in [2.24, 2.45) is 11.8 Å². The van der Waals surface area contributed by atoms with Crippen LogP contribution in [-0.4, -0.2) is 11.9 Å². The zero-order valence-corrected chi connectivity index (χ0v) is 8.21. The summed E-state index contributed by atoms with van der Waals surface area (Å²) in [5.41, 5.74) is 0. The number of rotatable bonds is 3. The molecule has 74 valence electrons. The minimum Gasteiger partial charge on any atom is -0.393 e. The van der Waals surface area contributed by atoms with Crippen LogP contribution < -0.4 is 0 Å². The molecule has 13 heavy (non-hydrogen) atoms. The second-order valence-corrected chi connectivity index (χ2v) is 3.78. The quantitative estimate of drug-likeness (QED) is 0.497. The van der Waals surface area contributed by atoms with Gasteiger partial charge in [0, 0.05) is 12.8 Å². The van der Waals surface area contributed by atoms with Crippen LogP contribution in [0.25, 0.3) is 0 Å². The Bertz CT molecular complexity index is 194. The molecule has 0 amide bonds. The van der Waals surface area contributed by atoms with E-state index in [9.17, 15) is 9.59 Å². The van der Waals surface area contributed by atoms with E-state index in [0.29, 0.717) is 18.8 Å². The molecule has 0 aromatic rings. The lowest BCUT2D eigenvalue weighted by molar-refractivity contribution is -0.166. The lowest BCUT2D eigenvalue weighted by atomic mass is 9.84. The molecule has 1 unspecified atom stereocenters. The Morgan fingerprint density at radius 2 is 1.92 bits per heavy atom. The summed E-state index contributed by atoms with van der Waals surface area (Å²) in [6.45, 7) is 4.21. The highest BCUT2D eigenvalue weighted by Gasteiger charge is 2.30. The van der Waals surface area contributed by atoms with Crippen LogP contribution in [0.5, 0.6) is 0 Å². The van der Waals surface area contributed by atoms with Crippen molar-refractivity contribution in [3.05, 3.63) is 0 Å². The van der Waals surface area contributed by atoms with Crippen LogP contribution in [0, 0.1) is 11.8 Å². The van der Waals surface area contributed by atoms with Gasteiger partial charge in [0.2, 0.25) is 0 Å². The van der Waals surface area contributed by atoms with E-state index < -0.39 is 0 Å². The third-order valence-corrected chi connectivity index (χ3v) is 2.63. The molecule has 0 radical (unpaired) electrons. The first-order valence-electron chi connectivity index (χ1n) is 4.87. The second kappa shape index (κ2) is 4.40. The van der Waals surface area contributed by atoms with Gasteiger partial charge in [-0.05, 0) is 11.8 Å². The molecule has 1 aliphatic heterocycles. The van der Waals surface area contributed by atoms with E-state index in [1.807, 2.05) is 0 Å². The minimum absolute atomic E-state index is 0.202. The Kier molecular flexibility index (Phi) is 3.46. The van der Waals surface area contributed by atoms with Crippen molar-refractivity contribution in [1.82, 2.24) is 0 Å². The number of ether oxygens (including phenoxy) is 1. The fourth-order valence-corrected chi connectivity index (χ4v) is 1.80. The van der Waals surface area contributed by atoms with E-state index in [4.69, 9.17) is 0 Å². The van der Waals surface area contributed by atoms with Crippen LogP contribution in [0.2, 0.25) is 0 Å². The Balaban J connectivity index is 2.49. The predicted octanol–water partition coefficient (Wildman–Crippen LogP) is 1.90. The summed E-state index contributed by atoms with van der Waals surface area (Å²) in [6.07, 6.45) is 2.99. The number of esters is 2. The SMILES string of the molecule is CCCC(C)C1CC(=O)OC(=O)C1. The van der Waals surface area contributed by atoms with E-state index in [2.05, 4.69) is 18.6 Å². The van der Waals surface area contributed by atoms with E-state index >= 15 is 0 Å². The first-order valence-corrected chi connectivity index (χ1v) is 4.87. The van der Waals surface area contributed by atoms with Crippen molar-refractivity contribution in [3.8, 4) is 0 Å². The average molecular weight is 184 g/mol. The third kappa shape index (κ3) is 2.83. The summed E-state index contributed by atoms with van der Waals surface area (Å²) in [7, 11) is 0. The fraction of sp³-hybridized carbons (Fsp3) is 0.800. The van der Waals surface area contributed by atoms with Gasteiger partial charge in [-0.2, -0.15) is 0 Å². The second-order valence-electron chi connectivity index (χ2n) is 3.78. The van der Waals surface area contributed by atoms with Gasteiger partial charge < -0.3 is 4.74 Å². The van der Waals surface area contributed by atoms with Crippen LogP contribution in [-0.2, 0) is 14.3 Å². The highest BCUT2D eigenvalue weighted by atomic mass is 16.6. The Morgan fingerprint density at radius 1 is 1.38 bits per heavy atom. The molecule has 3 heteroatoms. The third-order valence-electron chi connectivity index (χ3n) is 2.63. The number of hydrogen-bond acceptors (Lipinski definition) is 3. The monoisotopic (exact) mass is 184 g/mol. The first-order chi connectivity index (χ1) is 6.13. The molecule has 0 N–H and O–H groups in total. The largest absolute Gasteiger partial charge is 0.393 e. The summed E-state index contributed by atoms with van der Waals surface area (Å²) in [5, 5.41) is 0. The molecule has 0 aromatic heterocycles. The number of cyclic esters (lactones) is 2. The molecule has 0 saturated carbocycles. The molecule has 0 aromatic carbocycles. The van der Waals surface area contributed by atoms with E-state index in [-0.39, 0.29) is 17.9 Å². The maximum absolute atomic E-state index is 10.9. The molecular formula is C10H16O3. The molecule has 1 aliphatic rings. The van der Waals surface area contributed by atoms with Gasteiger partial charge in [-0.1, -0.05) is 26.7 Å². The van der Waals surface area contributed by atoms with Crippen LogP contribution in [0.1, 0.15) is 39.5 Å². The fourth-order valence-electron chi connectivity index (χ4n) is 1.80. The minimum atomic E-state index is -0.357. The van der Waals surface area contributed by atoms with Crippen molar-refractivity contribution in [2.45, 2.75) is 39.5 Å². The van der Waals surface area contributed by atoms with Crippen molar-refractivity contribution in [2.75, 3.05) is 0 Å². The van der Waals surface area contributed by atoms with Crippen molar-refractivity contribution in [1.29, 1.82) is 0 Å². The maximum Gasteiger partial charge on any atom is 0.313 e. The number of hydrogen-bond donors (Lipinski definition) is 0. The van der Waals surface area contributed by atoms with Crippen LogP contribution >= 0.6 is 0 Å². The molecule has 1 saturated heterocycles. The van der Waals surface area contributed by atoms with Gasteiger partial charge in [0.05, 0.1) is 0 Å². The molecule has 1 rings (SSSR count). The van der Waals surface area contributed by atoms with E-state index in [1.54, 1.807) is 0 Å². The van der Waals surface area contributed by atoms with Crippen molar-refractivity contribution < 1.29 is 14.3 Å². The van der Waals surface area contributed by atoms with Crippen LogP contribution in [0.3, 0.4) is 0 Å². The molecular weight excluding hydrogens is 168 g/mol.